The summed E-state index contributed by atoms with van der Waals surface area (Å²) < 4.78 is 9.80. The number of ether oxygens (including phenoxy) is 2. The second-order valence-electron chi connectivity index (χ2n) is 5.68. The van der Waals surface area contributed by atoms with Gasteiger partial charge in [0, 0.05) is 6.42 Å². The van der Waals surface area contributed by atoms with Crippen LogP contribution in [0.2, 0.25) is 0 Å². The molecule has 0 saturated carbocycles. The molecular formula is C13H24O6. The first kappa shape index (κ1) is 17.9. The van der Waals surface area contributed by atoms with Gasteiger partial charge in [0.25, 0.3) is 0 Å². The van der Waals surface area contributed by atoms with E-state index in [-0.39, 0.29) is 18.9 Å². The van der Waals surface area contributed by atoms with E-state index < -0.39 is 29.7 Å². The molecule has 0 radical (unpaired) electrons. The highest BCUT2D eigenvalue weighted by Gasteiger charge is 2.25. The summed E-state index contributed by atoms with van der Waals surface area (Å²) >= 11 is 0. The third-order valence-corrected chi connectivity index (χ3v) is 1.94. The fraction of sp³-hybridized carbons (Fsp3) is 0.846. The summed E-state index contributed by atoms with van der Waals surface area (Å²) in [4.78, 5) is 22.7. The maximum atomic E-state index is 11.4. The summed E-state index contributed by atoms with van der Waals surface area (Å²) in [6.45, 7) is 8.45. The van der Waals surface area contributed by atoms with Gasteiger partial charge in [0.2, 0.25) is 0 Å². The molecule has 0 unspecified atom stereocenters. The van der Waals surface area contributed by atoms with Gasteiger partial charge in [-0.05, 0) is 34.6 Å². The molecule has 2 atom stereocenters. The van der Waals surface area contributed by atoms with Crippen LogP contribution in [0.5, 0.6) is 0 Å². The standard InChI is InChI=1S/C13H24O6/c1-8(2)18-12(17)10(15)6-9(14)7-11(16)19-13(3,4)5/h8-10,14-15H,6-7H2,1-5H3/t9-,10-/m0/s1. The monoisotopic (exact) mass is 276 g/mol. The van der Waals surface area contributed by atoms with Crippen molar-refractivity contribution in [3.8, 4) is 0 Å². The normalized spacial score (nSPS) is 14.9. The molecule has 0 spiro atoms. The molecule has 0 fully saturated rings. The third-order valence-electron chi connectivity index (χ3n) is 1.94. The molecule has 0 saturated heterocycles. The lowest BCUT2D eigenvalue weighted by Gasteiger charge is -2.21. The third kappa shape index (κ3) is 9.44. The van der Waals surface area contributed by atoms with E-state index in [2.05, 4.69) is 0 Å². The molecule has 0 aromatic rings. The summed E-state index contributed by atoms with van der Waals surface area (Å²) in [5, 5.41) is 19.1. The van der Waals surface area contributed by atoms with Crippen LogP contribution in [0.25, 0.3) is 0 Å². The van der Waals surface area contributed by atoms with Crippen molar-refractivity contribution in [3.63, 3.8) is 0 Å². The number of esters is 2. The van der Waals surface area contributed by atoms with Crippen LogP contribution in [0, 0.1) is 0 Å². The summed E-state index contributed by atoms with van der Waals surface area (Å²) in [5.74, 6) is -1.39. The Balaban J connectivity index is 4.13. The number of carbonyl (C=O) groups is 2. The maximum absolute atomic E-state index is 11.4. The Hall–Kier alpha value is -1.14. The molecule has 0 aromatic heterocycles. The first-order chi connectivity index (χ1) is 8.51. The van der Waals surface area contributed by atoms with Crippen molar-refractivity contribution in [2.75, 3.05) is 0 Å². The number of aliphatic hydroxyl groups excluding tert-OH is 2. The van der Waals surface area contributed by atoms with Gasteiger partial charge >= 0.3 is 11.9 Å². The van der Waals surface area contributed by atoms with Crippen molar-refractivity contribution >= 4 is 11.9 Å². The molecule has 0 aromatic carbocycles. The Morgan fingerprint density at radius 3 is 2.11 bits per heavy atom. The number of hydrogen-bond acceptors (Lipinski definition) is 6. The minimum Gasteiger partial charge on any atom is -0.461 e. The number of hydrogen-bond donors (Lipinski definition) is 2. The predicted octanol–water partition coefficient (Wildman–Crippen LogP) is 0.782. The largest absolute Gasteiger partial charge is 0.461 e. The summed E-state index contributed by atoms with van der Waals surface area (Å²) in [7, 11) is 0. The van der Waals surface area contributed by atoms with Gasteiger partial charge < -0.3 is 19.7 Å². The first-order valence-corrected chi connectivity index (χ1v) is 6.29. The van der Waals surface area contributed by atoms with E-state index in [0.29, 0.717) is 0 Å². The van der Waals surface area contributed by atoms with Crippen molar-refractivity contribution in [3.05, 3.63) is 0 Å². The average molecular weight is 276 g/mol. The zero-order valence-electron chi connectivity index (χ0n) is 12.2. The van der Waals surface area contributed by atoms with E-state index in [1.165, 1.54) is 0 Å². The lowest BCUT2D eigenvalue weighted by molar-refractivity contribution is -0.162. The van der Waals surface area contributed by atoms with Crippen LogP contribution in [0.1, 0.15) is 47.5 Å². The minimum absolute atomic E-state index is 0.259. The zero-order chi connectivity index (χ0) is 15.2. The van der Waals surface area contributed by atoms with Crippen molar-refractivity contribution in [1.29, 1.82) is 0 Å². The van der Waals surface area contributed by atoms with Gasteiger partial charge in [0.15, 0.2) is 6.10 Å². The molecule has 0 bridgehead atoms. The van der Waals surface area contributed by atoms with Crippen LogP contribution in [-0.2, 0) is 19.1 Å². The Morgan fingerprint density at radius 2 is 1.68 bits per heavy atom. The lowest BCUT2D eigenvalue weighted by Crippen LogP contribution is -2.32. The van der Waals surface area contributed by atoms with E-state index in [4.69, 9.17) is 9.47 Å². The molecule has 112 valence electrons. The Labute approximate surface area is 113 Å². The highest BCUT2D eigenvalue weighted by molar-refractivity contribution is 5.75. The Bertz CT molecular complexity index is 305. The number of carbonyl (C=O) groups excluding carboxylic acids is 2. The van der Waals surface area contributed by atoms with Crippen LogP contribution in [-0.4, -0.2) is 46.1 Å². The van der Waals surface area contributed by atoms with E-state index >= 15 is 0 Å². The molecule has 0 heterocycles. The molecule has 6 heteroatoms. The lowest BCUT2D eigenvalue weighted by atomic mass is 10.1. The molecule has 19 heavy (non-hydrogen) atoms. The molecule has 0 amide bonds. The van der Waals surface area contributed by atoms with Gasteiger partial charge in [-0.3, -0.25) is 4.79 Å². The summed E-state index contributed by atoms with van der Waals surface area (Å²) in [5.41, 5.74) is -0.633. The van der Waals surface area contributed by atoms with Crippen molar-refractivity contribution in [2.24, 2.45) is 0 Å². The molecule has 6 nitrogen and oxygen atoms in total. The van der Waals surface area contributed by atoms with Crippen LogP contribution in [0.4, 0.5) is 0 Å². The van der Waals surface area contributed by atoms with Crippen molar-refractivity contribution < 1.29 is 29.3 Å². The maximum Gasteiger partial charge on any atom is 0.335 e. The molecule has 0 aliphatic carbocycles. The second kappa shape index (κ2) is 7.45. The van der Waals surface area contributed by atoms with Gasteiger partial charge in [-0.15, -0.1) is 0 Å². The minimum atomic E-state index is -1.44. The van der Waals surface area contributed by atoms with Crippen LogP contribution < -0.4 is 0 Å². The van der Waals surface area contributed by atoms with Crippen LogP contribution in [0.15, 0.2) is 0 Å². The molecule has 0 aliphatic heterocycles. The van der Waals surface area contributed by atoms with Gasteiger partial charge in [0.1, 0.15) is 5.60 Å². The SMILES string of the molecule is CC(C)OC(=O)[C@@H](O)C[C@H](O)CC(=O)OC(C)(C)C. The van der Waals surface area contributed by atoms with E-state index in [9.17, 15) is 19.8 Å². The highest BCUT2D eigenvalue weighted by atomic mass is 16.6. The van der Waals surface area contributed by atoms with E-state index in [1.54, 1.807) is 34.6 Å². The van der Waals surface area contributed by atoms with Crippen molar-refractivity contribution in [2.45, 2.75) is 71.4 Å². The first-order valence-electron chi connectivity index (χ1n) is 6.29. The predicted molar refractivity (Wildman–Crippen MR) is 68.3 cm³/mol. The van der Waals surface area contributed by atoms with Gasteiger partial charge in [-0.25, -0.2) is 4.79 Å². The molecule has 0 rings (SSSR count). The van der Waals surface area contributed by atoms with E-state index in [1.807, 2.05) is 0 Å². The Kier molecular flexibility index (Phi) is 7.00. The van der Waals surface area contributed by atoms with E-state index in [0.717, 1.165) is 0 Å². The summed E-state index contributed by atoms with van der Waals surface area (Å²) in [6, 6.07) is 0. The van der Waals surface area contributed by atoms with Crippen LogP contribution >= 0.6 is 0 Å². The van der Waals surface area contributed by atoms with Gasteiger partial charge in [-0.1, -0.05) is 0 Å². The molecular weight excluding hydrogens is 252 g/mol. The zero-order valence-corrected chi connectivity index (χ0v) is 12.2. The quantitative estimate of drug-likeness (QED) is 0.696. The molecule has 0 aliphatic rings. The second-order valence-corrected chi connectivity index (χ2v) is 5.68. The fourth-order valence-electron chi connectivity index (χ4n) is 1.32. The number of aliphatic hydroxyl groups is 2. The van der Waals surface area contributed by atoms with Crippen molar-refractivity contribution in [1.82, 2.24) is 0 Å². The van der Waals surface area contributed by atoms with Gasteiger partial charge in [0.05, 0.1) is 18.6 Å². The molecule has 2 N–H and O–H groups in total. The average Bonchev–Trinajstić information content (AvgIpc) is 2.11. The fourth-order valence-corrected chi connectivity index (χ4v) is 1.32. The Morgan fingerprint density at radius 1 is 1.16 bits per heavy atom. The van der Waals surface area contributed by atoms with Crippen LogP contribution in [0.3, 0.4) is 0 Å². The highest BCUT2D eigenvalue weighted by Crippen LogP contribution is 2.12. The van der Waals surface area contributed by atoms with Gasteiger partial charge in [-0.2, -0.15) is 0 Å². The smallest absolute Gasteiger partial charge is 0.335 e. The topological polar surface area (TPSA) is 93.1 Å². The summed E-state index contributed by atoms with van der Waals surface area (Å²) in [6.07, 6.45) is -3.47. The number of rotatable bonds is 6.